The lowest BCUT2D eigenvalue weighted by atomic mass is 10.0. The minimum absolute atomic E-state index is 0.146. The summed E-state index contributed by atoms with van der Waals surface area (Å²) >= 11 is 1.60. The molecule has 0 amide bonds. The number of methoxy groups -OCH3 is 1. The molecule has 1 aromatic heterocycles. The van der Waals surface area contributed by atoms with E-state index in [9.17, 15) is 4.39 Å². The maximum absolute atomic E-state index is 14.6. The molecule has 4 aromatic rings. The third-order valence-electron chi connectivity index (χ3n) is 5.82. The number of fused-ring (bicyclic) bond motifs is 1. The number of thiazole rings is 1. The van der Waals surface area contributed by atoms with Crippen molar-refractivity contribution in [3.05, 3.63) is 72.0 Å². The summed E-state index contributed by atoms with van der Waals surface area (Å²) in [7, 11) is 1.63. The second-order valence-corrected chi connectivity index (χ2v) is 9.42. The van der Waals surface area contributed by atoms with E-state index in [2.05, 4.69) is 22.1 Å². The average Bonchev–Trinajstić information content (AvgIpc) is 3.28. The Bertz CT molecular complexity index is 1230. The number of halogens is 1. The highest BCUT2D eigenvalue weighted by molar-refractivity contribution is 7.21. The molecular formula is C28H30FN3OS. The molecule has 6 heteroatoms. The number of nitrogens with zero attached hydrogens (tertiary/aromatic N) is 3. The van der Waals surface area contributed by atoms with Crippen LogP contribution < -0.4 is 4.74 Å². The lowest BCUT2D eigenvalue weighted by Crippen LogP contribution is -1.91. The van der Waals surface area contributed by atoms with Crippen LogP contribution in [0.3, 0.4) is 0 Å². The van der Waals surface area contributed by atoms with Gasteiger partial charge in [-0.05, 0) is 73.0 Å². The van der Waals surface area contributed by atoms with E-state index in [0.29, 0.717) is 5.52 Å². The Morgan fingerprint density at radius 1 is 0.853 bits per heavy atom. The molecular weight excluding hydrogens is 445 g/mol. The molecule has 0 aliphatic rings. The zero-order valence-corrected chi connectivity index (χ0v) is 20.6. The molecule has 0 spiro atoms. The first kappa shape index (κ1) is 24.0. The summed E-state index contributed by atoms with van der Waals surface area (Å²) < 4.78 is 20.8. The number of benzene rings is 3. The summed E-state index contributed by atoms with van der Waals surface area (Å²) in [5.41, 5.74) is 4.02. The Hall–Kier alpha value is -3.12. The molecule has 0 radical (unpaired) electrons. The zero-order valence-electron chi connectivity index (χ0n) is 19.8. The standard InChI is InChI=1S/C28H30FN3OS/c1-3-4-5-6-7-8-9-21-18-27-26(19-25(21)29)30-28(34-27)20-10-12-22(13-11-20)31-32-23-14-16-24(33-2)17-15-23/h10-19H,3-9H2,1-2H3. The van der Waals surface area contributed by atoms with Gasteiger partial charge in [0.25, 0.3) is 0 Å². The van der Waals surface area contributed by atoms with Crippen LogP contribution in [0.15, 0.2) is 70.9 Å². The minimum atomic E-state index is -0.146. The maximum atomic E-state index is 14.6. The highest BCUT2D eigenvalue weighted by Crippen LogP contribution is 2.33. The highest BCUT2D eigenvalue weighted by Gasteiger charge is 2.11. The summed E-state index contributed by atoms with van der Waals surface area (Å²) in [6, 6.07) is 18.8. The topological polar surface area (TPSA) is 46.8 Å². The van der Waals surface area contributed by atoms with E-state index in [1.54, 1.807) is 24.5 Å². The summed E-state index contributed by atoms with van der Waals surface area (Å²) in [5.74, 6) is 0.640. The van der Waals surface area contributed by atoms with E-state index in [1.165, 1.54) is 25.7 Å². The number of unbranched alkanes of at least 4 members (excludes halogenated alkanes) is 5. The van der Waals surface area contributed by atoms with Crippen LogP contribution in [-0.2, 0) is 6.42 Å². The lowest BCUT2D eigenvalue weighted by molar-refractivity contribution is 0.415. The van der Waals surface area contributed by atoms with Gasteiger partial charge >= 0.3 is 0 Å². The molecule has 0 atom stereocenters. The molecule has 0 aliphatic heterocycles. The number of azo groups is 1. The number of hydrogen-bond acceptors (Lipinski definition) is 5. The minimum Gasteiger partial charge on any atom is -0.497 e. The number of ether oxygens (including phenoxy) is 1. The van der Waals surface area contributed by atoms with Gasteiger partial charge in [0, 0.05) is 11.6 Å². The summed E-state index contributed by atoms with van der Waals surface area (Å²) in [5, 5.41) is 9.45. The van der Waals surface area contributed by atoms with Crippen molar-refractivity contribution in [3.8, 4) is 16.3 Å². The molecule has 0 saturated heterocycles. The molecule has 0 aliphatic carbocycles. The van der Waals surface area contributed by atoms with Gasteiger partial charge in [-0.15, -0.1) is 11.3 Å². The van der Waals surface area contributed by atoms with Crippen molar-refractivity contribution < 1.29 is 9.13 Å². The van der Waals surface area contributed by atoms with Gasteiger partial charge in [0.2, 0.25) is 0 Å². The molecule has 4 rings (SSSR count). The Kier molecular flexibility index (Phi) is 8.36. The second-order valence-electron chi connectivity index (χ2n) is 8.39. The van der Waals surface area contributed by atoms with Crippen LogP contribution in [0.5, 0.6) is 5.75 Å². The smallest absolute Gasteiger partial charge is 0.128 e. The highest BCUT2D eigenvalue weighted by atomic mass is 32.1. The van der Waals surface area contributed by atoms with Gasteiger partial charge in [0.1, 0.15) is 16.6 Å². The number of aryl methyl sites for hydroxylation is 1. The van der Waals surface area contributed by atoms with E-state index >= 15 is 0 Å². The van der Waals surface area contributed by atoms with Crippen LogP contribution in [0, 0.1) is 5.82 Å². The van der Waals surface area contributed by atoms with Crippen molar-refractivity contribution in [1.82, 2.24) is 4.98 Å². The largest absolute Gasteiger partial charge is 0.497 e. The summed E-state index contributed by atoms with van der Waals surface area (Å²) in [6.45, 7) is 2.22. The van der Waals surface area contributed by atoms with Crippen molar-refractivity contribution in [2.45, 2.75) is 51.9 Å². The van der Waals surface area contributed by atoms with Gasteiger partial charge in [-0.3, -0.25) is 0 Å². The predicted molar refractivity (Wildman–Crippen MR) is 139 cm³/mol. The quantitative estimate of drug-likeness (QED) is 0.160. The fourth-order valence-electron chi connectivity index (χ4n) is 3.84. The van der Waals surface area contributed by atoms with Gasteiger partial charge in [0.05, 0.1) is 28.7 Å². The predicted octanol–water partition coefficient (Wildman–Crippen LogP) is 9.43. The van der Waals surface area contributed by atoms with Gasteiger partial charge in [0.15, 0.2) is 0 Å². The number of rotatable bonds is 11. The zero-order chi connectivity index (χ0) is 23.8. The fourth-order valence-corrected chi connectivity index (χ4v) is 4.85. The molecule has 3 aromatic carbocycles. The van der Waals surface area contributed by atoms with E-state index in [-0.39, 0.29) is 5.82 Å². The Labute approximate surface area is 204 Å². The Morgan fingerprint density at radius 2 is 1.50 bits per heavy atom. The molecule has 176 valence electrons. The monoisotopic (exact) mass is 475 g/mol. The second kappa shape index (κ2) is 11.8. The van der Waals surface area contributed by atoms with Crippen LogP contribution >= 0.6 is 11.3 Å². The van der Waals surface area contributed by atoms with Gasteiger partial charge < -0.3 is 4.74 Å². The third kappa shape index (κ3) is 6.26. The normalized spacial score (nSPS) is 11.5. The van der Waals surface area contributed by atoms with Crippen molar-refractivity contribution in [2.75, 3.05) is 7.11 Å². The fraction of sp³-hybridized carbons (Fsp3) is 0.321. The van der Waals surface area contributed by atoms with E-state index in [1.807, 2.05) is 54.6 Å². The Morgan fingerprint density at radius 3 is 2.18 bits per heavy atom. The maximum Gasteiger partial charge on any atom is 0.128 e. The van der Waals surface area contributed by atoms with Crippen LogP contribution in [0.4, 0.5) is 15.8 Å². The molecule has 0 bridgehead atoms. The van der Waals surface area contributed by atoms with E-state index < -0.39 is 0 Å². The third-order valence-corrected chi connectivity index (χ3v) is 6.89. The van der Waals surface area contributed by atoms with Crippen LogP contribution in [-0.4, -0.2) is 12.1 Å². The van der Waals surface area contributed by atoms with Gasteiger partial charge in [-0.1, -0.05) is 39.0 Å². The van der Waals surface area contributed by atoms with Gasteiger partial charge in [-0.25, -0.2) is 9.37 Å². The first-order valence-electron chi connectivity index (χ1n) is 11.9. The molecule has 0 N–H and O–H groups in total. The molecule has 4 nitrogen and oxygen atoms in total. The Balaban J connectivity index is 1.42. The molecule has 0 fully saturated rings. The number of hydrogen-bond donors (Lipinski definition) is 0. The van der Waals surface area contributed by atoms with Crippen molar-refractivity contribution in [1.29, 1.82) is 0 Å². The van der Waals surface area contributed by atoms with Crippen LogP contribution in [0.1, 0.15) is 51.0 Å². The van der Waals surface area contributed by atoms with Crippen molar-refractivity contribution in [2.24, 2.45) is 10.2 Å². The average molecular weight is 476 g/mol. The van der Waals surface area contributed by atoms with E-state index in [4.69, 9.17) is 4.74 Å². The molecule has 0 unspecified atom stereocenters. The first-order chi connectivity index (χ1) is 16.7. The van der Waals surface area contributed by atoms with Crippen LogP contribution in [0.25, 0.3) is 20.8 Å². The van der Waals surface area contributed by atoms with Crippen molar-refractivity contribution >= 4 is 32.9 Å². The van der Waals surface area contributed by atoms with Crippen LogP contribution in [0.2, 0.25) is 0 Å². The summed E-state index contributed by atoms with van der Waals surface area (Å²) in [4.78, 5) is 4.67. The molecule has 0 saturated carbocycles. The molecule has 1 heterocycles. The SMILES string of the molecule is CCCCCCCCc1cc2sc(-c3ccc(N=Nc4ccc(OC)cc4)cc3)nc2cc1F. The number of aromatic nitrogens is 1. The summed E-state index contributed by atoms with van der Waals surface area (Å²) in [6.07, 6.45) is 8.02. The van der Waals surface area contributed by atoms with Gasteiger partial charge in [-0.2, -0.15) is 10.2 Å². The van der Waals surface area contributed by atoms with Crippen molar-refractivity contribution in [3.63, 3.8) is 0 Å². The van der Waals surface area contributed by atoms with E-state index in [0.717, 1.165) is 57.2 Å². The lowest BCUT2D eigenvalue weighted by Gasteiger charge is -2.03. The molecule has 34 heavy (non-hydrogen) atoms. The first-order valence-corrected chi connectivity index (χ1v) is 12.7.